The Morgan fingerprint density at radius 3 is 2.74 bits per heavy atom. The van der Waals surface area contributed by atoms with E-state index in [2.05, 4.69) is 0 Å². The molecule has 0 aromatic heterocycles. The summed E-state index contributed by atoms with van der Waals surface area (Å²) in [4.78, 5) is 11.1. The van der Waals surface area contributed by atoms with Crippen LogP contribution in [0.15, 0.2) is 24.3 Å². The van der Waals surface area contributed by atoms with Crippen molar-refractivity contribution < 1.29 is 14.6 Å². The van der Waals surface area contributed by atoms with Crippen molar-refractivity contribution in [1.29, 1.82) is 0 Å². The highest BCUT2D eigenvalue weighted by Crippen LogP contribution is 2.18. The fourth-order valence-electron chi connectivity index (χ4n) is 1.85. The van der Waals surface area contributed by atoms with E-state index in [0.717, 1.165) is 24.8 Å². The molecule has 106 valence electrons. The summed E-state index contributed by atoms with van der Waals surface area (Å²) in [7, 11) is 0. The third-order valence-electron chi connectivity index (χ3n) is 3.03. The second-order valence-corrected chi connectivity index (χ2v) is 4.75. The minimum absolute atomic E-state index is 0.126. The molecule has 1 rings (SSSR count). The van der Waals surface area contributed by atoms with Gasteiger partial charge in [-0.15, -0.1) is 0 Å². The predicted molar refractivity (Wildman–Crippen MR) is 75.4 cm³/mol. The third-order valence-corrected chi connectivity index (χ3v) is 3.03. The number of hydrogen-bond donors (Lipinski definition) is 2. The van der Waals surface area contributed by atoms with Crippen LogP contribution in [-0.2, 0) is 11.2 Å². The van der Waals surface area contributed by atoms with Crippen LogP contribution < -0.4 is 10.5 Å². The van der Waals surface area contributed by atoms with Gasteiger partial charge in [0.15, 0.2) is 6.10 Å². The molecule has 0 amide bonds. The normalized spacial score (nSPS) is 13.8. The number of ether oxygens (including phenoxy) is 1. The fourth-order valence-corrected chi connectivity index (χ4v) is 1.85. The zero-order valence-corrected chi connectivity index (χ0v) is 11.6. The van der Waals surface area contributed by atoms with E-state index in [1.54, 1.807) is 6.07 Å². The predicted octanol–water partition coefficient (Wildman–Crippen LogP) is 2.60. The van der Waals surface area contributed by atoms with Crippen molar-refractivity contribution in [3.05, 3.63) is 29.8 Å². The molecule has 0 aliphatic heterocycles. The Bertz CT molecular complexity index is 406. The zero-order chi connectivity index (χ0) is 14.3. The zero-order valence-electron chi connectivity index (χ0n) is 11.6. The molecule has 0 fully saturated rings. The third kappa shape index (κ3) is 5.30. The summed E-state index contributed by atoms with van der Waals surface area (Å²) in [5.41, 5.74) is 6.99. The van der Waals surface area contributed by atoms with Gasteiger partial charge in [-0.25, -0.2) is 4.79 Å². The highest BCUT2D eigenvalue weighted by molar-refractivity contribution is 5.72. The van der Waals surface area contributed by atoms with Crippen LogP contribution in [0, 0.1) is 0 Å². The standard InChI is InChI=1S/C15H23NO3/c1-3-6-14(15(17)18)19-13-8-5-7-11(10-13)9-12(16)4-2/h5,7-8,10,12,14H,3-4,6,9,16H2,1-2H3,(H,17,18). The smallest absolute Gasteiger partial charge is 0.344 e. The lowest BCUT2D eigenvalue weighted by Gasteiger charge is -2.15. The van der Waals surface area contributed by atoms with E-state index in [9.17, 15) is 4.79 Å². The van der Waals surface area contributed by atoms with Crippen LogP contribution in [0.1, 0.15) is 38.7 Å². The molecule has 4 nitrogen and oxygen atoms in total. The highest BCUT2D eigenvalue weighted by Gasteiger charge is 2.18. The van der Waals surface area contributed by atoms with Gasteiger partial charge in [0.1, 0.15) is 5.75 Å². The van der Waals surface area contributed by atoms with Gasteiger partial charge in [0.25, 0.3) is 0 Å². The number of nitrogens with two attached hydrogens (primary N) is 1. The van der Waals surface area contributed by atoms with Gasteiger partial charge < -0.3 is 15.6 Å². The van der Waals surface area contributed by atoms with Gasteiger partial charge in [-0.05, 0) is 37.0 Å². The average Bonchev–Trinajstić information content (AvgIpc) is 2.38. The molecule has 0 bridgehead atoms. The molecular weight excluding hydrogens is 242 g/mol. The molecule has 0 spiro atoms. The van der Waals surface area contributed by atoms with E-state index in [0.29, 0.717) is 12.2 Å². The van der Waals surface area contributed by atoms with Gasteiger partial charge in [-0.1, -0.05) is 32.4 Å². The topological polar surface area (TPSA) is 72.5 Å². The van der Waals surface area contributed by atoms with Crippen LogP contribution in [0.5, 0.6) is 5.75 Å². The summed E-state index contributed by atoms with van der Waals surface area (Å²) >= 11 is 0. The van der Waals surface area contributed by atoms with Crippen molar-refractivity contribution in [2.45, 2.75) is 51.7 Å². The Hall–Kier alpha value is -1.55. The summed E-state index contributed by atoms with van der Waals surface area (Å²) in [6.07, 6.45) is 2.20. The van der Waals surface area contributed by atoms with Gasteiger partial charge in [0.05, 0.1) is 0 Å². The summed E-state index contributed by atoms with van der Waals surface area (Å²) in [6, 6.07) is 7.64. The van der Waals surface area contributed by atoms with Gasteiger partial charge in [0.2, 0.25) is 0 Å². The molecule has 1 aromatic carbocycles. The molecule has 0 saturated heterocycles. The first-order chi connectivity index (χ1) is 9.06. The van der Waals surface area contributed by atoms with Crippen molar-refractivity contribution in [3.8, 4) is 5.75 Å². The van der Waals surface area contributed by atoms with Gasteiger partial charge in [-0.3, -0.25) is 0 Å². The Labute approximate surface area is 114 Å². The molecule has 0 aliphatic carbocycles. The Morgan fingerprint density at radius 1 is 1.42 bits per heavy atom. The second kappa shape index (κ2) is 7.79. The number of rotatable bonds is 8. The molecule has 2 unspecified atom stereocenters. The Balaban J connectivity index is 2.72. The minimum atomic E-state index is -0.919. The molecular formula is C15H23NO3. The maximum Gasteiger partial charge on any atom is 0.344 e. The van der Waals surface area contributed by atoms with Gasteiger partial charge in [0, 0.05) is 6.04 Å². The monoisotopic (exact) mass is 265 g/mol. The molecule has 3 N–H and O–H groups in total. The summed E-state index contributed by atoms with van der Waals surface area (Å²) in [5, 5.41) is 9.07. The highest BCUT2D eigenvalue weighted by atomic mass is 16.5. The van der Waals surface area contributed by atoms with Crippen LogP contribution in [0.4, 0.5) is 0 Å². The number of hydrogen-bond acceptors (Lipinski definition) is 3. The Kier molecular flexibility index (Phi) is 6.36. The largest absolute Gasteiger partial charge is 0.479 e. The number of carbonyl (C=O) groups is 1. The molecule has 0 heterocycles. The SMILES string of the molecule is CCCC(Oc1cccc(CC(N)CC)c1)C(=O)O. The van der Waals surface area contributed by atoms with Crippen molar-refractivity contribution in [2.75, 3.05) is 0 Å². The summed E-state index contributed by atoms with van der Waals surface area (Å²) in [5.74, 6) is -0.320. The van der Waals surface area contributed by atoms with Gasteiger partial charge >= 0.3 is 5.97 Å². The van der Waals surface area contributed by atoms with Gasteiger partial charge in [-0.2, -0.15) is 0 Å². The minimum Gasteiger partial charge on any atom is -0.479 e. The van der Waals surface area contributed by atoms with E-state index < -0.39 is 12.1 Å². The maximum atomic E-state index is 11.1. The molecule has 0 radical (unpaired) electrons. The first-order valence-corrected chi connectivity index (χ1v) is 6.80. The maximum absolute atomic E-state index is 11.1. The van der Waals surface area contributed by atoms with Crippen LogP contribution in [0.25, 0.3) is 0 Å². The average molecular weight is 265 g/mol. The molecule has 1 aromatic rings. The van der Waals surface area contributed by atoms with Crippen molar-refractivity contribution in [1.82, 2.24) is 0 Å². The molecule has 4 heteroatoms. The van der Waals surface area contributed by atoms with Crippen LogP contribution in [0.3, 0.4) is 0 Å². The lowest BCUT2D eigenvalue weighted by Crippen LogP contribution is -2.26. The van der Waals surface area contributed by atoms with Crippen molar-refractivity contribution in [3.63, 3.8) is 0 Å². The van der Waals surface area contributed by atoms with E-state index in [1.165, 1.54) is 0 Å². The number of benzene rings is 1. The molecule has 2 atom stereocenters. The van der Waals surface area contributed by atoms with Crippen LogP contribution in [-0.4, -0.2) is 23.2 Å². The van der Waals surface area contributed by atoms with E-state index in [-0.39, 0.29) is 6.04 Å². The molecule has 19 heavy (non-hydrogen) atoms. The fraction of sp³-hybridized carbons (Fsp3) is 0.533. The van der Waals surface area contributed by atoms with Crippen LogP contribution in [0.2, 0.25) is 0 Å². The lowest BCUT2D eigenvalue weighted by atomic mass is 10.0. The van der Waals surface area contributed by atoms with E-state index in [1.807, 2.05) is 32.0 Å². The summed E-state index contributed by atoms with van der Waals surface area (Å²) in [6.45, 7) is 3.99. The first kappa shape index (κ1) is 15.5. The number of carboxylic acid groups (broad SMARTS) is 1. The second-order valence-electron chi connectivity index (χ2n) is 4.75. The number of carboxylic acids is 1. The number of aliphatic carboxylic acids is 1. The Morgan fingerprint density at radius 2 is 2.16 bits per heavy atom. The quantitative estimate of drug-likeness (QED) is 0.757. The van der Waals surface area contributed by atoms with E-state index in [4.69, 9.17) is 15.6 Å². The summed E-state index contributed by atoms with van der Waals surface area (Å²) < 4.78 is 5.53. The van der Waals surface area contributed by atoms with Crippen LogP contribution >= 0.6 is 0 Å². The first-order valence-electron chi connectivity index (χ1n) is 6.80. The lowest BCUT2D eigenvalue weighted by molar-refractivity contribution is -0.145. The molecule has 0 saturated carbocycles. The van der Waals surface area contributed by atoms with Crippen molar-refractivity contribution in [2.24, 2.45) is 5.73 Å². The van der Waals surface area contributed by atoms with E-state index >= 15 is 0 Å². The molecule has 0 aliphatic rings. The van der Waals surface area contributed by atoms with Crippen molar-refractivity contribution >= 4 is 5.97 Å².